The molecule has 1 aromatic carbocycles. The number of benzene rings is 1. The normalized spacial score (nSPS) is 28.4. The molecule has 1 saturated carbocycles. The summed E-state index contributed by atoms with van der Waals surface area (Å²) in [5.74, 6) is 0.681. The molecule has 4 aromatic rings. The molecule has 7 heterocycles. The molecular formula is C34H34F2N8OS. The van der Waals surface area contributed by atoms with Crippen molar-refractivity contribution in [3.8, 4) is 23.3 Å². The Bertz CT molecular complexity index is 1990. The zero-order valence-corrected chi connectivity index (χ0v) is 26.2. The van der Waals surface area contributed by atoms with Crippen molar-refractivity contribution in [3.05, 3.63) is 47.7 Å². The minimum Gasteiger partial charge on any atom is -0.461 e. The number of thiophene rings is 1. The van der Waals surface area contributed by atoms with Crippen molar-refractivity contribution in [2.24, 2.45) is 5.92 Å². The molecule has 5 aliphatic rings. The topological polar surface area (TPSA) is 116 Å². The number of ether oxygens (including phenoxy) is 1. The van der Waals surface area contributed by atoms with Gasteiger partial charge in [0.2, 0.25) is 0 Å². The second kappa shape index (κ2) is 10.3. The molecule has 4 aliphatic heterocycles. The van der Waals surface area contributed by atoms with Crippen LogP contribution in [0.15, 0.2) is 36.3 Å². The zero-order valence-electron chi connectivity index (χ0n) is 25.4. The van der Waals surface area contributed by atoms with E-state index in [1.165, 1.54) is 24.2 Å². The summed E-state index contributed by atoms with van der Waals surface area (Å²) < 4.78 is 37.6. The molecule has 0 spiro atoms. The van der Waals surface area contributed by atoms with E-state index < -0.39 is 5.82 Å². The molecule has 9 rings (SSSR count). The zero-order chi connectivity index (χ0) is 31.2. The highest BCUT2D eigenvalue weighted by Crippen LogP contribution is 2.49. The third-order valence-electron chi connectivity index (χ3n) is 11.1. The van der Waals surface area contributed by atoms with E-state index in [1.807, 2.05) is 12.1 Å². The highest BCUT2D eigenvalue weighted by molar-refractivity contribution is 7.23. The first-order chi connectivity index (χ1) is 22.4. The fraction of sp³-hybridized carbons (Fsp3) is 0.471. The Morgan fingerprint density at radius 3 is 2.96 bits per heavy atom. The number of pyridine rings is 1. The predicted octanol–water partition coefficient (Wildman–Crippen LogP) is 5.69. The molecule has 1 aliphatic carbocycles. The van der Waals surface area contributed by atoms with Gasteiger partial charge in [-0.25, -0.2) is 8.78 Å². The summed E-state index contributed by atoms with van der Waals surface area (Å²) in [7, 11) is 0. The second-order valence-corrected chi connectivity index (χ2v) is 14.9. The van der Waals surface area contributed by atoms with Crippen molar-refractivity contribution < 1.29 is 13.5 Å². The summed E-state index contributed by atoms with van der Waals surface area (Å²) in [5.41, 5.74) is 7.72. The number of nitrogens with one attached hydrogen (secondary N) is 1. The van der Waals surface area contributed by atoms with Gasteiger partial charge in [-0.2, -0.15) is 15.2 Å². The third-order valence-corrected chi connectivity index (χ3v) is 12.1. The lowest BCUT2D eigenvalue weighted by atomic mass is 9.90. The molecule has 12 heteroatoms. The van der Waals surface area contributed by atoms with Crippen molar-refractivity contribution >= 4 is 43.1 Å². The number of fused-ring (bicyclic) bond motifs is 5. The van der Waals surface area contributed by atoms with Crippen LogP contribution in [-0.2, 0) is 0 Å². The number of nitrogen functional groups attached to an aromatic ring is 1. The Morgan fingerprint density at radius 1 is 1.24 bits per heavy atom. The average molecular weight is 641 g/mol. The number of halogens is 2. The summed E-state index contributed by atoms with van der Waals surface area (Å²) in [5, 5.41) is 15.3. The van der Waals surface area contributed by atoms with Crippen LogP contribution in [0.4, 0.5) is 19.6 Å². The van der Waals surface area contributed by atoms with Crippen LogP contribution in [-0.4, -0.2) is 69.8 Å². The van der Waals surface area contributed by atoms with Gasteiger partial charge in [0.15, 0.2) is 5.82 Å². The molecule has 236 valence electrons. The van der Waals surface area contributed by atoms with Crippen LogP contribution >= 0.6 is 11.3 Å². The Kier molecular flexibility index (Phi) is 6.33. The van der Waals surface area contributed by atoms with Crippen LogP contribution in [0.5, 0.6) is 6.01 Å². The van der Waals surface area contributed by atoms with Crippen molar-refractivity contribution in [2.45, 2.75) is 62.1 Å². The number of hydrogen-bond acceptors (Lipinski definition) is 10. The van der Waals surface area contributed by atoms with Crippen molar-refractivity contribution in [2.75, 3.05) is 43.4 Å². The lowest BCUT2D eigenvalue weighted by molar-refractivity contribution is 0.108. The number of piperazine rings is 1. The standard InChI is InChI=1S/C34H34F2N8OS/c35-12-19-11-33(8-2-10-44(33)15-19)18-45-32-40-29-24(31(41-32)43-16-21-7-9-34(17-43,42-21)20-5-6-20)14-39-28(27(29)36)22-3-1-4-25-26(22)23(13-37)30(38)46-25/h1,3-4,12,14,20-21,42H,2,5-11,15-18,38H2/b19-12-/t21-,33-,34+/m0/s1. The van der Waals surface area contributed by atoms with Crippen molar-refractivity contribution in [1.29, 1.82) is 5.26 Å². The maximum atomic E-state index is 16.9. The SMILES string of the molecule is N#Cc1c(N)sc2cccc(-c3ncc4c(N5C[C@@H]6CC[C@](C7CC7)(C5)N6)nc(OC[C@@]56CCCN5C/C(=C\F)C6)nc4c3F)c12. The fourth-order valence-corrected chi connectivity index (χ4v) is 9.75. The van der Waals surface area contributed by atoms with Crippen LogP contribution in [0.1, 0.15) is 50.5 Å². The van der Waals surface area contributed by atoms with Gasteiger partial charge >= 0.3 is 6.01 Å². The molecule has 3 aromatic heterocycles. The smallest absolute Gasteiger partial charge is 0.319 e. The van der Waals surface area contributed by atoms with E-state index in [2.05, 4.69) is 31.2 Å². The second-order valence-electron chi connectivity index (χ2n) is 13.8. The number of hydrogen-bond donors (Lipinski definition) is 2. The highest BCUT2D eigenvalue weighted by atomic mass is 32.1. The summed E-state index contributed by atoms with van der Waals surface area (Å²) in [4.78, 5) is 18.9. The molecule has 46 heavy (non-hydrogen) atoms. The van der Waals surface area contributed by atoms with Crippen molar-refractivity contribution in [1.82, 2.24) is 25.2 Å². The van der Waals surface area contributed by atoms with E-state index in [-0.39, 0.29) is 28.3 Å². The maximum absolute atomic E-state index is 16.9. The van der Waals surface area contributed by atoms with E-state index in [0.29, 0.717) is 64.3 Å². The molecule has 9 nitrogen and oxygen atoms in total. The van der Waals surface area contributed by atoms with Gasteiger partial charge in [0.25, 0.3) is 0 Å². The highest BCUT2D eigenvalue weighted by Gasteiger charge is 2.53. The van der Waals surface area contributed by atoms with E-state index in [0.717, 1.165) is 61.9 Å². The fourth-order valence-electron chi connectivity index (χ4n) is 8.81. The first kappa shape index (κ1) is 28.3. The maximum Gasteiger partial charge on any atom is 0.319 e. The molecule has 3 atom stereocenters. The molecule has 0 amide bonds. The van der Waals surface area contributed by atoms with E-state index in [4.69, 9.17) is 15.5 Å². The number of aromatic nitrogens is 3. The Morgan fingerprint density at radius 2 is 2.13 bits per heavy atom. The molecule has 0 radical (unpaired) electrons. The first-order valence-electron chi connectivity index (χ1n) is 16.2. The van der Waals surface area contributed by atoms with Gasteiger partial charge in [-0.15, -0.1) is 11.3 Å². The first-order valence-corrected chi connectivity index (χ1v) is 17.0. The van der Waals surface area contributed by atoms with E-state index in [1.54, 1.807) is 12.3 Å². The van der Waals surface area contributed by atoms with Crippen LogP contribution in [0.25, 0.3) is 32.2 Å². The van der Waals surface area contributed by atoms with Crippen LogP contribution in [0.2, 0.25) is 0 Å². The largest absolute Gasteiger partial charge is 0.461 e. The number of anilines is 2. The average Bonchev–Trinajstić information content (AvgIpc) is 3.53. The summed E-state index contributed by atoms with van der Waals surface area (Å²) in [6, 6.07) is 8.10. The number of nitrogens with zero attached hydrogens (tertiary/aromatic N) is 6. The van der Waals surface area contributed by atoms with Gasteiger partial charge in [0.05, 0.1) is 22.8 Å². The Balaban J connectivity index is 1.17. The number of nitriles is 1. The van der Waals surface area contributed by atoms with Crippen LogP contribution in [0, 0.1) is 23.1 Å². The van der Waals surface area contributed by atoms with Gasteiger partial charge in [-0.3, -0.25) is 9.88 Å². The molecule has 4 saturated heterocycles. The van der Waals surface area contributed by atoms with Gasteiger partial charge < -0.3 is 20.7 Å². The van der Waals surface area contributed by atoms with Gasteiger partial charge in [-0.05, 0) is 69.0 Å². The molecule has 2 bridgehead atoms. The van der Waals surface area contributed by atoms with Crippen molar-refractivity contribution in [3.63, 3.8) is 0 Å². The summed E-state index contributed by atoms with van der Waals surface area (Å²) in [6.45, 7) is 3.32. The predicted molar refractivity (Wildman–Crippen MR) is 174 cm³/mol. The molecular weight excluding hydrogens is 606 g/mol. The van der Waals surface area contributed by atoms with Crippen LogP contribution < -0.4 is 20.7 Å². The molecule has 5 fully saturated rings. The van der Waals surface area contributed by atoms with Gasteiger partial charge in [0.1, 0.15) is 34.7 Å². The minimum absolute atomic E-state index is 0.0393. The summed E-state index contributed by atoms with van der Waals surface area (Å²) in [6.07, 6.45) is 9.58. The van der Waals surface area contributed by atoms with Crippen LogP contribution in [0.3, 0.4) is 0 Å². The molecule has 0 unspecified atom stereocenters. The quantitative estimate of drug-likeness (QED) is 0.274. The van der Waals surface area contributed by atoms with Gasteiger partial charge in [0, 0.05) is 53.1 Å². The van der Waals surface area contributed by atoms with E-state index in [9.17, 15) is 9.65 Å². The lowest BCUT2D eigenvalue weighted by Gasteiger charge is -2.42. The minimum atomic E-state index is -0.591. The Hall–Kier alpha value is -3.92. The monoisotopic (exact) mass is 640 g/mol. The lowest BCUT2D eigenvalue weighted by Crippen LogP contribution is -2.61. The third kappa shape index (κ3) is 4.25. The van der Waals surface area contributed by atoms with Gasteiger partial charge in [-0.1, -0.05) is 12.1 Å². The van der Waals surface area contributed by atoms with E-state index >= 15 is 4.39 Å². The Labute approximate surface area is 269 Å². The molecule has 3 N–H and O–H groups in total. The summed E-state index contributed by atoms with van der Waals surface area (Å²) >= 11 is 1.30. The number of nitrogens with two attached hydrogens (primary N) is 1. The number of rotatable bonds is 6.